The molecule has 1 atom stereocenters. The minimum Gasteiger partial charge on any atom is -0.508 e. The Bertz CT molecular complexity index is 786. The summed E-state index contributed by atoms with van der Waals surface area (Å²) < 4.78 is 14.6. The van der Waals surface area contributed by atoms with E-state index in [9.17, 15) is 14.6 Å². The van der Waals surface area contributed by atoms with Crippen LogP contribution in [0.4, 0.5) is 10.1 Å². The quantitative estimate of drug-likeness (QED) is 0.278. The molecule has 8 heteroatoms. The third-order valence-electron chi connectivity index (χ3n) is 3.59. The molecule has 0 saturated carbocycles. The van der Waals surface area contributed by atoms with Gasteiger partial charge in [0.1, 0.15) is 11.6 Å². The molecule has 2 rings (SSSR count). The summed E-state index contributed by atoms with van der Waals surface area (Å²) in [4.78, 5) is 4.34. The van der Waals surface area contributed by atoms with Crippen molar-refractivity contribution < 1.29 is 19.7 Å². The first kappa shape index (κ1) is 20.2. The fourth-order valence-electron chi connectivity index (χ4n) is 2.16. The Balaban J connectivity index is 2.20. The lowest BCUT2D eigenvalue weighted by molar-refractivity contribution is 0.0982. The van der Waals surface area contributed by atoms with Crippen LogP contribution in [-0.2, 0) is 6.54 Å². The highest BCUT2D eigenvalue weighted by Gasteiger charge is 2.08. The molecular weight excluding hydrogens is 405 g/mol. The van der Waals surface area contributed by atoms with Gasteiger partial charge in [-0.1, -0.05) is 15.9 Å². The summed E-state index contributed by atoms with van der Waals surface area (Å²) >= 11 is 3.30. The molecular formula is C18H21BrFN3O3. The molecule has 6 nitrogen and oxygen atoms in total. The van der Waals surface area contributed by atoms with Gasteiger partial charge in [-0.3, -0.25) is 0 Å². The maximum absolute atomic E-state index is 13.9. The van der Waals surface area contributed by atoms with Crippen molar-refractivity contribution in [2.24, 2.45) is 4.99 Å². The van der Waals surface area contributed by atoms with Crippen LogP contribution in [0, 0.1) is 12.7 Å². The van der Waals surface area contributed by atoms with E-state index in [0.717, 1.165) is 10.0 Å². The Labute approximate surface area is 159 Å². The van der Waals surface area contributed by atoms with Crippen molar-refractivity contribution in [2.45, 2.75) is 19.6 Å². The molecule has 0 saturated heterocycles. The van der Waals surface area contributed by atoms with Gasteiger partial charge in [0, 0.05) is 22.3 Å². The molecule has 26 heavy (non-hydrogen) atoms. The summed E-state index contributed by atoms with van der Waals surface area (Å²) in [5.74, 6) is 0.0876. The zero-order valence-electron chi connectivity index (χ0n) is 14.2. The number of hydrogen-bond acceptors (Lipinski definition) is 4. The number of phenolic OH excluding ortho intramolecular Hbond substituents is 1. The minimum atomic E-state index is -0.953. The number of nitrogens with zero attached hydrogens (tertiary/aromatic N) is 1. The Morgan fingerprint density at radius 2 is 2.04 bits per heavy atom. The highest BCUT2D eigenvalue weighted by atomic mass is 79.9. The van der Waals surface area contributed by atoms with E-state index in [2.05, 4.69) is 31.6 Å². The number of nitrogens with one attached hydrogen (secondary N) is 2. The van der Waals surface area contributed by atoms with E-state index in [1.807, 2.05) is 6.92 Å². The van der Waals surface area contributed by atoms with Gasteiger partial charge in [-0.05, 0) is 48.9 Å². The van der Waals surface area contributed by atoms with Gasteiger partial charge in [-0.25, -0.2) is 9.38 Å². The summed E-state index contributed by atoms with van der Waals surface area (Å²) in [7, 11) is 0. The molecule has 0 heterocycles. The van der Waals surface area contributed by atoms with Gasteiger partial charge in [0.2, 0.25) is 0 Å². The van der Waals surface area contributed by atoms with Crippen molar-refractivity contribution in [1.82, 2.24) is 5.32 Å². The Morgan fingerprint density at radius 3 is 2.73 bits per heavy atom. The number of aliphatic hydroxyl groups excluding tert-OH is 2. The number of anilines is 1. The van der Waals surface area contributed by atoms with Crippen molar-refractivity contribution >= 4 is 27.6 Å². The minimum absolute atomic E-state index is 0.0699. The number of phenols is 1. The molecule has 2 aromatic rings. The number of aryl methyl sites for hydroxylation is 1. The molecule has 0 aliphatic heterocycles. The molecule has 0 amide bonds. The van der Waals surface area contributed by atoms with E-state index in [-0.39, 0.29) is 24.7 Å². The van der Waals surface area contributed by atoms with Crippen molar-refractivity contribution in [1.29, 1.82) is 0 Å². The highest BCUT2D eigenvalue weighted by Crippen LogP contribution is 2.20. The summed E-state index contributed by atoms with van der Waals surface area (Å²) in [5, 5.41) is 34.0. The van der Waals surface area contributed by atoms with Gasteiger partial charge in [0.05, 0.1) is 19.3 Å². The van der Waals surface area contributed by atoms with Crippen molar-refractivity contribution in [3.63, 3.8) is 0 Å². The van der Waals surface area contributed by atoms with Crippen molar-refractivity contribution in [3.8, 4) is 5.75 Å². The van der Waals surface area contributed by atoms with Gasteiger partial charge in [-0.2, -0.15) is 0 Å². The Morgan fingerprint density at radius 1 is 1.27 bits per heavy atom. The summed E-state index contributed by atoms with van der Waals surface area (Å²) in [6.45, 7) is 1.57. The van der Waals surface area contributed by atoms with Gasteiger partial charge in [0.25, 0.3) is 0 Å². The number of aromatic hydroxyl groups is 1. The molecule has 0 fully saturated rings. The molecule has 1 unspecified atom stereocenters. The van der Waals surface area contributed by atoms with Crippen LogP contribution in [0.15, 0.2) is 45.9 Å². The first-order chi connectivity index (χ1) is 12.4. The van der Waals surface area contributed by atoms with Crippen LogP contribution in [0.25, 0.3) is 0 Å². The van der Waals surface area contributed by atoms with Gasteiger partial charge in [0.15, 0.2) is 5.96 Å². The number of rotatable bonds is 6. The molecule has 0 aromatic heterocycles. The second-order valence-electron chi connectivity index (χ2n) is 5.74. The molecule has 5 N–H and O–H groups in total. The largest absolute Gasteiger partial charge is 0.508 e. The monoisotopic (exact) mass is 425 g/mol. The summed E-state index contributed by atoms with van der Waals surface area (Å²) in [5.41, 5.74) is 1.89. The first-order valence-corrected chi connectivity index (χ1v) is 8.76. The maximum Gasteiger partial charge on any atom is 0.196 e. The Hall–Kier alpha value is -2.16. The third kappa shape index (κ3) is 5.98. The van der Waals surface area contributed by atoms with Crippen LogP contribution in [0.2, 0.25) is 0 Å². The zero-order valence-corrected chi connectivity index (χ0v) is 15.8. The second kappa shape index (κ2) is 9.51. The maximum atomic E-state index is 13.9. The van der Waals surface area contributed by atoms with E-state index < -0.39 is 12.7 Å². The predicted octanol–water partition coefficient (Wildman–Crippen LogP) is 2.51. The predicted molar refractivity (Wildman–Crippen MR) is 103 cm³/mol. The third-order valence-corrected chi connectivity index (χ3v) is 4.09. The number of hydrogen-bond donors (Lipinski definition) is 5. The van der Waals surface area contributed by atoms with Crippen LogP contribution in [-0.4, -0.2) is 40.5 Å². The number of benzene rings is 2. The average molecular weight is 426 g/mol. The molecule has 0 aliphatic rings. The SMILES string of the molecule is Cc1cc(O)ccc1NC(=NCc1cc(Br)ccc1F)NCC(O)CO. The standard InChI is InChI=1S/C18H21BrFN3O3/c1-11-6-14(25)3-5-17(11)23-18(22-9-15(26)10-24)21-8-12-7-13(19)2-4-16(12)20/h2-7,15,24-26H,8-10H2,1H3,(H2,21,22,23). The van der Waals surface area contributed by atoms with Crippen LogP contribution in [0.1, 0.15) is 11.1 Å². The second-order valence-corrected chi connectivity index (χ2v) is 6.66. The highest BCUT2D eigenvalue weighted by molar-refractivity contribution is 9.10. The van der Waals surface area contributed by atoms with Crippen LogP contribution >= 0.6 is 15.9 Å². The van der Waals surface area contributed by atoms with Crippen LogP contribution in [0.5, 0.6) is 5.75 Å². The lowest BCUT2D eigenvalue weighted by Gasteiger charge is -2.16. The van der Waals surface area contributed by atoms with E-state index in [0.29, 0.717) is 17.2 Å². The fraction of sp³-hybridized carbons (Fsp3) is 0.278. The number of guanidine groups is 1. The van der Waals surface area contributed by atoms with Crippen molar-refractivity contribution in [3.05, 3.63) is 57.8 Å². The fourth-order valence-corrected chi connectivity index (χ4v) is 2.57. The molecule has 0 radical (unpaired) electrons. The molecule has 140 valence electrons. The van der Waals surface area contributed by atoms with Crippen molar-refractivity contribution in [2.75, 3.05) is 18.5 Å². The van der Waals surface area contributed by atoms with E-state index in [1.165, 1.54) is 12.1 Å². The molecule has 0 spiro atoms. The lowest BCUT2D eigenvalue weighted by Crippen LogP contribution is -2.38. The van der Waals surface area contributed by atoms with Gasteiger partial charge >= 0.3 is 0 Å². The number of aliphatic hydroxyl groups is 2. The lowest BCUT2D eigenvalue weighted by atomic mass is 10.2. The van der Waals surface area contributed by atoms with Gasteiger partial charge in [-0.15, -0.1) is 0 Å². The summed E-state index contributed by atoms with van der Waals surface area (Å²) in [6, 6.07) is 9.42. The van der Waals surface area contributed by atoms with Crippen LogP contribution in [0.3, 0.4) is 0 Å². The molecule has 2 aromatic carbocycles. The van der Waals surface area contributed by atoms with Crippen LogP contribution < -0.4 is 10.6 Å². The topological polar surface area (TPSA) is 97.1 Å². The van der Waals surface area contributed by atoms with Gasteiger partial charge < -0.3 is 26.0 Å². The Kier molecular flexibility index (Phi) is 7.38. The average Bonchev–Trinajstić information content (AvgIpc) is 2.61. The van der Waals surface area contributed by atoms with E-state index in [4.69, 9.17) is 5.11 Å². The molecule has 0 bridgehead atoms. The first-order valence-electron chi connectivity index (χ1n) is 7.97. The van der Waals surface area contributed by atoms with E-state index >= 15 is 0 Å². The zero-order chi connectivity index (χ0) is 19.1. The number of halogens is 2. The number of aliphatic imine (C=N–C) groups is 1. The normalized spacial score (nSPS) is 12.7. The summed E-state index contributed by atoms with van der Waals surface area (Å²) in [6.07, 6.45) is -0.953. The smallest absolute Gasteiger partial charge is 0.196 e. The molecule has 0 aliphatic carbocycles. The van der Waals surface area contributed by atoms with E-state index in [1.54, 1.807) is 24.3 Å².